The van der Waals surface area contributed by atoms with Crippen LogP contribution in [0, 0.1) is 11.7 Å². The summed E-state index contributed by atoms with van der Waals surface area (Å²) in [6.45, 7) is 4.80. The number of methoxy groups -OCH3 is 2. The largest absolute Gasteiger partial charge is 0.453 e. The van der Waals surface area contributed by atoms with Crippen LogP contribution in [0.3, 0.4) is 0 Å². The van der Waals surface area contributed by atoms with Crippen LogP contribution in [0.2, 0.25) is 0 Å². The maximum absolute atomic E-state index is 15.9. The van der Waals surface area contributed by atoms with E-state index in [0.29, 0.717) is 59.2 Å². The molecule has 4 amide bonds. The second-order valence-electron chi connectivity index (χ2n) is 15.9. The Hall–Kier alpha value is -7.10. The van der Waals surface area contributed by atoms with Crippen LogP contribution in [0.5, 0.6) is 0 Å². The fourth-order valence-electron chi connectivity index (χ4n) is 8.43. The lowest BCUT2D eigenvalue weighted by Gasteiger charge is -2.30. The highest BCUT2D eigenvalue weighted by Gasteiger charge is 2.39. The molecule has 0 saturated carbocycles. The first-order valence-electron chi connectivity index (χ1n) is 20.7. The van der Waals surface area contributed by atoms with E-state index < -0.39 is 36.1 Å². The molecule has 0 bridgehead atoms. The first-order chi connectivity index (χ1) is 30.0. The average Bonchev–Trinajstić information content (AvgIpc) is 4.14. The van der Waals surface area contributed by atoms with Gasteiger partial charge in [-0.15, -0.1) is 0 Å². The van der Waals surface area contributed by atoms with Gasteiger partial charge in [-0.05, 0) is 67.5 Å². The molecular formula is C46H48FN9O6. The predicted molar refractivity (Wildman–Crippen MR) is 229 cm³/mol. The summed E-state index contributed by atoms with van der Waals surface area (Å²) in [5.74, 6) is 0.149. The summed E-state index contributed by atoms with van der Waals surface area (Å²) >= 11 is 0. The Balaban J connectivity index is 0.961. The van der Waals surface area contributed by atoms with Crippen LogP contribution >= 0.6 is 0 Å². The van der Waals surface area contributed by atoms with Gasteiger partial charge in [0.25, 0.3) is 5.91 Å². The van der Waals surface area contributed by atoms with Crippen molar-refractivity contribution < 1.29 is 33.0 Å². The number of hydrogen-bond acceptors (Lipinski definition) is 9. The Labute approximate surface area is 357 Å². The van der Waals surface area contributed by atoms with Gasteiger partial charge in [-0.2, -0.15) is 0 Å². The number of nitrogens with one attached hydrogen (secondary N) is 4. The second-order valence-corrected chi connectivity index (χ2v) is 15.9. The Morgan fingerprint density at radius 2 is 1.37 bits per heavy atom. The number of aromatic amines is 2. The normalized spacial score (nSPS) is 17.3. The fraction of sp³-hybridized carbons (Fsp3) is 0.326. The highest BCUT2D eigenvalue weighted by Crippen LogP contribution is 2.36. The quantitative estimate of drug-likeness (QED) is 0.102. The van der Waals surface area contributed by atoms with Crippen LogP contribution < -0.4 is 10.6 Å². The van der Waals surface area contributed by atoms with Crippen LogP contribution in [0.25, 0.3) is 44.7 Å². The van der Waals surface area contributed by atoms with E-state index in [2.05, 4.69) is 30.6 Å². The Morgan fingerprint density at radius 3 is 2.03 bits per heavy atom. The molecule has 4 N–H and O–H groups in total. The lowest BCUT2D eigenvalue weighted by atomic mass is 10.0. The smallest absolute Gasteiger partial charge is 0.407 e. The molecule has 4 atom stereocenters. The van der Waals surface area contributed by atoms with Gasteiger partial charge in [0.1, 0.15) is 29.5 Å². The third-order valence-corrected chi connectivity index (χ3v) is 11.7. The Morgan fingerprint density at radius 1 is 0.742 bits per heavy atom. The third kappa shape index (κ3) is 8.44. The molecule has 8 rings (SSSR count). The van der Waals surface area contributed by atoms with Crippen molar-refractivity contribution in [3.05, 3.63) is 114 Å². The highest BCUT2D eigenvalue weighted by molar-refractivity contribution is 5.88. The number of carbonyl (C=O) groups is 4. The molecule has 16 heteroatoms. The van der Waals surface area contributed by atoms with Gasteiger partial charge in [0.15, 0.2) is 0 Å². The zero-order valence-electron chi connectivity index (χ0n) is 34.9. The van der Waals surface area contributed by atoms with Crippen molar-refractivity contribution >= 4 is 34.9 Å². The molecule has 3 aromatic carbocycles. The van der Waals surface area contributed by atoms with Gasteiger partial charge >= 0.3 is 12.2 Å². The van der Waals surface area contributed by atoms with Crippen LogP contribution in [0.1, 0.15) is 74.9 Å². The monoisotopic (exact) mass is 841 g/mol. The summed E-state index contributed by atoms with van der Waals surface area (Å²) in [6.07, 6.45) is 4.91. The lowest BCUT2D eigenvalue weighted by molar-refractivity contribution is -0.135. The third-order valence-electron chi connectivity index (χ3n) is 11.7. The summed E-state index contributed by atoms with van der Waals surface area (Å²) in [5, 5.41) is 6.23. The molecule has 62 heavy (non-hydrogen) atoms. The first-order valence-corrected chi connectivity index (χ1v) is 20.7. The Kier molecular flexibility index (Phi) is 12.0. The van der Waals surface area contributed by atoms with Gasteiger partial charge in [-0.3, -0.25) is 9.59 Å². The SMILES string of the molecule is COC(=O)N[C@H](C(=O)N1CCC[C@H]1c1ncc(-c2ccc3nc(-c4ccc(-c5cnc([C@@H]6CCCN6C(=O)[C@H](NC(=O)OC)c6ccccc6)[nH]5)c(F)c4)ccc3c2)[nH]1)C(C)C. The highest BCUT2D eigenvalue weighted by atomic mass is 19.1. The molecule has 0 aliphatic carbocycles. The number of fused-ring (bicyclic) bond motifs is 1. The number of likely N-dealkylation sites (tertiary alicyclic amines) is 2. The maximum atomic E-state index is 15.9. The summed E-state index contributed by atoms with van der Waals surface area (Å²) in [7, 11) is 2.53. The molecule has 6 aromatic rings. The van der Waals surface area contributed by atoms with E-state index in [-0.39, 0.29) is 23.8 Å². The van der Waals surface area contributed by atoms with Crippen molar-refractivity contribution in [1.82, 2.24) is 45.4 Å². The van der Waals surface area contributed by atoms with E-state index in [1.807, 2.05) is 56.3 Å². The van der Waals surface area contributed by atoms with E-state index in [0.717, 1.165) is 41.4 Å². The van der Waals surface area contributed by atoms with E-state index >= 15 is 4.39 Å². The topological polar surface area (TPSA) is 188 Å². The standard InChI is InChI=1S/C46H48FN9O6/c1-26(2)39(53-45(59)61-3)43(57)55-20-8-12-37(55)41-48-24-35(51-41)29-16-19-33-28(22-29)15-18-34(50-33)30-14-17-31(32(47)23-30)36-25-49-42(52-36)38-13-9-21-56(38)44(58)40(54-46(60)62-4)27-10-6-5-7-11-27/h5-7,10-11,14-19,22-26,37-40H,8-9,12-13,20-21H2,1-4H3,(H,48,51)(H,49,52)(H,53,59)(H,54,60)/t37-,38-,39-,40+/m0/s1. The minimum absolute atomic E-state index is 0.133. The number of alkyl carbamates (subject to hydrolysis) is 2. The molecular weight excluding hydrogens is 794 g/mol. The van der Waals surface area contributed by atoms with Crippen LogP contribution in [-0.4, -0.2) is 92.1 Å². The zero-order valence-corrected chi connectivity index (χ0v) is 34.9. The molecule has 2 aliphatic rings. The first kappa shape index (κ1) is 41.6. The van der Waals surface area contributed by atoms with E-state index in [9.17, 15) is 19.2 Å². The minimum Gasteiger partial charge on any atom is -0.453 e. The van der Waals surface area contributed by atoms with Crippen molar-refractivity contribution in [1.29, 1.82) is 0 Å². The number of H-pyrrole nitrogens is 2. The fourth-order valence-corrected chi connectivity index (χ4v) is 8.43. The molecule has 5 heterocycles. The number of pyridine rings is 1. The van der Waals surface area contributed by atoms with Gasteiger partial charge in [0, 0.05) is 35.2 Å². The molecule has 3 aromatic heterocycles. The molecule has 0 unspecified atom stereocenters. The lowest BCUT2D eigenvalue weighted by Crippen LogP contribution is -2.51. The van der Waals surface area contributed by atoms with Crippen molar-refractivity contribution in [2.24, 2.45) is 5.92 Å². The number of benzene rings is 3. The number of amides is 4. The number of ether oxygens (including phenoxy) is 2. The summed E-state index contributed by atoms with van der Waals surface area (Å²) < 4.78 is 25.5. The van der Waals surface area contributed by atoms with Gasteiger partial charge in [0.05, 0.1) is 61.3 Å². The van der Waals surface area contributed by atoms with Crippen molar-refractivity contribution in [3.8, 4) is 33.8 Å². The molecule has 15 nitrogen and oxygen atoms in total. The number of nitrogens with zero attached hydrogens (tertiary/aromatic N) is 5. The van der Waals surface area contributed by atoms with Crippen LogP contribution in [0.15, 0.2) is 91.3 Å². The number of hydrogen-bond donors (Lipinski definition) is 4. The Bertz CT molecular complexity index is 2610. The zero-order chi connectivity index (χ0) is 43.5. The van der Waals surface area contributed by atoms with Gasteiger partial charge < -0.3 is 39.9 Å². The summed E-state index contributed by atoms with van der Waals surface area (Å²) in [6, 6.07) is 21.3. The predicted octanol–water partition coefficient (Wildman–Crippen LogP) is 7.63. The van der Waals surface area contributed by atoms with Crippen LogP contribution in [0.4, 0.5) is 14.0 Å². The molecule has 0 spiro atoms. The number of carbonyl (C=O) groups excluding carboxylic acids is 4. The van der Waals surface area contributed by atoms with E-state index in [1.54, 1.807) is 52.5 Å². The average molecular weight is 842 g/mol. The van der Waals surface area contributed by atoms with E-state index in [1.165, 1.54) is 20.3 Å². The summed E-state index contributed by atoms with van der Waals surface area (Å²) in [5.41, 5.74) is 5.03. The molecule has 2 fully saturated rings. The summed E-state index contributed by atoms with van der Waals surface area (Å²) in [4.78, 5) is 75.9. The van der Waals surface area contributed by atoms with E-state index in [4.69, 9.17) is 14.5 Å². The van der Waals surface area contributed by atoms with Crippen molar-refractivity contribution in [2.75, 3.05) is 27.3 Å². The van der Waals surface area contributed by atoms with Crippen molar-refractivity contribution in [3.63, 3.8) is 0 Å². The molecule has 2 aliphatic heterocycles. The van der Waals surface area contributed by atoms with Gasteiger partial charge in [-0.1, -0.05) is 62.4 Å². The number of rotatable bonds is 11. The molecule has 320 valence electrons. The van der Waals surface area contributed by atoms with Gasteiger partial charge in [0.2, 0.25) is 5.91 Å². The number of imidazole rings is 2. The molecule has 0 radical (unpaired) electrons. The van der Waals surface area contributed by atoms with Crippen molar-refractivity contribution in [2.45, 2.75) is 63.7 Å². The number of halogens is 1. The maximum Gasteiger partial charge on any atom is 0.407 e. The van der Waals surface area contributed by atoms with Gasteiger partial charge in [-0.25, -0.2) is 28.9 Å². The minimum atomic E-state index is -0.949. The second kappa shape index (κ2) is 17.9. The number of aromatic nitrogens is 5. The molecule has 2 saturated heterocycles. The van der Waals surface area contributed by atoms with Crippen LogP contribution in [-0.2, 0) is 19.1 Å².